The van der Waals surface area contributed by atoms with E-state index in [9.17, 15) is 14.4 Å². The first-order chi connectivity index (χ1) is 24.0. The summed E-state index contributed by atoms with van der Waals surface area (Å²) in [6.07, 6.45) is 9.97. The van der Waals surface area contributed by atoms with Crippen molar-refractivity contribution in [3.8, 4) is 28.3 Å². The molecular formula is C40H48N4O5S. The molecule has 1 saturated heterocycles. The normalized spacial score (nSPS) is 13.8. The summed E-state index contributed by atoms with van der Waals surface area (Å²) in [6.45, 7) is 9.97. The molecule has 1 fully saturated rings. The van der Waals surface area contributed by atoms with E-state index in [0.29, 0.717) is 30.2 Å². The molecule has 0 aliphatic carbocycles. The van der Waals surface area contributed by atoms with Gasteiger partial charge in [-0.15, -0.1) is 11.3 Å². The lowest BCUT2D eigenvalue weighted by Gasteiger charge is -2.40. The summed E-state index contributed by atoms with van der Waals surface area (Å²) in [5.74, 6) is -0.0103. The van der Waals surface area contributed by atoms with Gasteiger partial charge in [-0.2, -0.15) is 0 Å². The highest BCUT2D eigenvalue weighted by atomic mass is 32.1. The number of unbranched alkanes of at least 4 members (excludes halogenated alkanes) is 4. The molecule has 2 N–H and O–H groups in total. The highest BCUT2D eigenvalue weighted by Crippen LogP contribution is 2.30. The Hall–Kier alpha value is -4.57. The Morgan fingerprint density at radius 2 is 1.56 bits per heavy atom. The molecule has 3 heterocycles. The number of carbonyl (C=O) groups excluding carboxylic acids is 2. The van der Waals surface area contributed by atoms with Gasteiger partial charge in [-0.25, -0.2) is 9.97 Å². The van der Waals surface area contributed by atoms with Crippen LogP contribution in [0.1, 0.15) is 86.3 Å². The first kappa shape index (κ1) is 36.7. The molecule has 2 aromatic carbocycles. The van der Waals surface area contributed by atoms with Crippen LogP contribution in [0.3, 0.4) is 0 Å². The number of benzene rings is 2. The van der Waals surface area contributed by atoms with E-state index in [1.165, 1.54) is 37.0 Å². The van der Waals surface area contributed by atoms with Crippen molar-refractivity contribution >= 4 is 29.1 Å². The second-order valence-electron chi connectivity index (χ2n) is 14.1. The van der Waals surface area contributed by atoms with Crippen molar-refractivity contribution in [2.45, 2.75) is 84.1 Å². The summed E-state index contributed by atoms with van der Waals surface area (Å²) < 4.78 is 5.90. The number of rotatable bonds is 16. The van der Waals surface area contributed by atoms with E-state index < -0.39 is 12.0 Å². The number of thiophene rings is 1. The van der Waals surface area contributed by atoms with Gasteiger partial charge in [0.05, 0.1) is 17.9 Å². The lowest BCUT2D eigenvalue weighted by molar-refractivity contribution is -0.146. The van der Waals surface area contributed by atoms with Crippen molar-refractivity contribution < 1.29 is 24.2 Å². The lowest BCUT2D eigenvalue weighted by Crippen LogP contribution is -2.57. The van der Waals surface area contributed by atoms with Crippen molar-refractivity contribution in [1.82, 2.24) is 20.2 Å². The number of likely N-dealkylation sites (tertiary alicyclic amines) is 1. The number of aromatic nitrogens is 2. The van der Waals surface area contributed by atoms with Crippen LogP contribution in [0.4, 0.5) is 0 Å². The van der Waals surface area contributed by atoms with Gasteiger partial charge in [0, 0.05) is 53.8 Å². The molecule has 0 bridgehead atoms. The monoisotopic (exact) mass is 696 g/mol. The maximum Gasteiger partial charge on any atom is 0.303 e. The minimum atomic E-state index is -0.874. The Labute approximate surface area is 299 Å². The topological polar surface area (TPSA) is 122 Å². The Bertz CT molecular complexity index is 1720. The van der Waals surface area contributed by atoms with Crippen LogP contribution in [0.15, 0.2) is 73.1 Å². The highest BCUT2D eigenvalue weighted by Gasteiger charge is 2.36. The minimum Gasteiger partial charge on any atom is -0.494 e. The number of carboxylic acids is 1. The number of carboxylic acid groups (broad SMARTS) is 1. The number of carbonyl (C=O) groups is 3. The number of aliphatic carboxylic acids is 1. The predicted octanol–water partition coefficient (Wildman–Crippen LogP) is 7.79. The van der Waals surface area contributed by atoms with Crippen LogP contribution in [0.2, 0.25) is 0 Å². The van der Waals surface area contributed by atoms with Gasteiger partial charge < -0.3 is 20.1 Å². The van der Waals surface area contributed by atoms with Crippen molar-refractivity contribution in [1.29, 1.82) is 0 Å². The van der Waals surface area contributed by atoms with Gasteiger partial charge in [-0.05, 0) is 47.2 Å². The molecule has 264 valence electrons. The number of ether oxygens (including phenoxy) is 1. The van der Waals surface area contributed by atoms with Crippen LogP contribution in [-0.2, 0) is 21.4 Å². The molecule has 9 nitrogen and oxygen atoms in total. The summed E-state index contributed by atoms with van der Waals surface area (Å²) in [5.41, 5.74) is 3.53. The maximum atomic E-state index is 13.6. The molecule has 0 spiro atoms. The van der Waals surface area contributed by atoms with Gasteiger partial charge in [-0.3, -0.25) is 14.4 Å². The average molecular weight is 697 g/mol. The van der Waals surface area contributed by atoms with Gasteiger partial charge in [0.2, 0.25) is 5.91 Å². The van der Waals surface area contributed by atoms with Gasteiger partial charge in [0.25, 0.3) is 5.91 Å². The van der Waals surface area contributed by atoms with E-state index >= 15 is 0 Å². The molecule has 0 saturated carbocycles. The molecule has 1 aliphatic rings. The van der Waals surface area contributed by atoms with Gasteiger partial charge in [0.15, 0.2) is 5.82 Å². The van der Waals surface area contributed by atoms with Gasteiger partial charge >= 0.3 is 5.97 Å². The molecule has 5 rings (SSSR count). The van der Waals surface area contributed by atoms with Crippen LogP contribution >= 0.6 is 11.3 Å². The van der Waals surface area contributed by atoms with Crippen LogP contribution < -0.4 is 10.1 Å². The smallest absolute Gasteiger partial charge is 0.303 e. The zero-order valence-electron chi connectivity index (χ0n) is 29.5. The fourth-order valence-electron chi connectivity index (χ4n) is 5.93. The summed E-state index contributed by atoms with van der Waals surface area (Å²) in [5, 5.41) is 12.1. The Balaban J connectivity index is 1.21. The average Bonchev–Trinajstić information content (AvgIpc) is 3.60. The Morgan fingerprint density at radius 3 is 2.18 bits per heavy atom. The third kappa shape index (κ3) is 10.00. The lowest BCUT2D eigenvalue weighted by atomic mass is 9.94. The fourth-order valence-corrected chi connectivity index (χ4v) is 6.90. The molecule has 0 radical (unpaired) electrons. The molecule has 2 aromatic heterocycles. The van der Waals surface area contributed by atoms with Crippen molar-refractivity contribution in [2.24, 2.45) is 5.92 Å². The van der Waals surface area contributed by atoms with Crippen molar-refractivity contribution in [2.75, 3.05) is 19.7 Å². The number of amides is 2. The molecule has 1 atom stereocenters. The van der Waals surface area contributed by atoms with Crippen molar-refractivity contribution in [3.05, 3.63) is 88.4 Å². The van der Waals surface area contributed by atoms with Gasteiger partial charge in [0.1, 0.15) is 11.8 Å². The molecule has 1 unspecified atom stereocenters. The van der Waals surface area contributed by atoms with E-state index in [2.05, 4.69) is 43.0 Å². The van der Waals surface area contributed by atoms with Gasteiger partial charge in [-0.1, -0.05) is 89.8 Å². The van der Waals surface area contributed by atoms with Crippen LogP contribution in [0.25, 0.3) is 22.5 Å². The first-order valence-electron chi connectivity index (χ1n) is 17.6. The third-order valence-corrected chi connectivity index (χ3v) is 10.4. The van der Waals surface area contributed by atoms with E-state index in [4.69, 9.17) is 9.84 Å². The molecule has 50 heavy (non-hydrogen) atoms. The predicted molar refractivity (Wildman–Crippen MR) is 197 cm³/mol. The maximum absolute atomic E-state index is 13.6. The fraction of sp³-hybridized carbons (Fsp3) is 0.425. The van der Waals surface area contributed by atoms with E-state index in [1.54, 1.807) is 11.0 Å². The summed E-state index contributed by atoms with van der Waals surface area (Å²) >= 11 is 1.43. The molecular weight excluding hydrogens is 649 g/mol. The SMILES string of the molecule is CCCCCCCOc1ccc(-c2cnc(-c3ccc(CC(NC(=O)c4ccc(C(C)(C)C)s4)C(=O)N4CC(CC(=O)O)C4)cc3)nc2)cc1. The number of hydrogen-bond acceptors (Lipinski definition) is 7. The van der Waals surface area contributed by atoms with Crippen molar-refractivity contribution in [3.63, 3.8) is 0 Å². The molecule has 10 heteroatoms. The molecule has 4 aromatic rings. The first-order valence-corrected chi connectivity index (χ1v) is 18.4. The summed E-state index contributed by atoms with van der Waals surface area (Å²) in [6, 6.07) is 18.7. The van der Waals surface area contributed by atoms with Crippen LogP contribution in [0, 0.1) is 5.92 Å². The standard InChI is InChI=1S/C40H48N4O5S/c1-5-6-7-8-9-20-49-32-16-14-29(15-17-32)31-23-41-37(42-24-31)30-12-10-27(11-13-30)21-33(39(48)44-25-28(26-44)22-36(45)46)43-38(47)34-18-19-35(50-34)40(2,3)4/h10-19,23-24,28,33H,5-9,20-22,25-26H2,1-4H3,(H,43,47)(H,45,46). The summed E-state index contributed by atoms with van der Waals surface area (Å²) in [7, 11) is 0. The Morgan fingerprint density at radius 1 is 0.900 bits per heavy atom. The van der Waals surface area contributed by atoms with Crippen LogP contribution in [0.5, 0.6) is 5.75 Å². The second kappa shape index (κ2) is 16.9. The van der Waals surface area contributed by atoms with E-state index in [1.807, 2.05) is 67.0 Å². The quantitative estimate of drug-likeness (QED) is 0.115. The van der Waals surface area contributed by atoms with E-state index in [-0.39, 0.29) is 29.6 Å². The zero-order chi connectivity index (χ0) is 35.7. The highest BCUT2D eigenvalue weighted by molar-refractivity contribution is 7.14. The summed E-state index contributed by atoms with van der Waals surface area (Å²) in [4.78, 5) is 50.5. The third-order valence-electron chi connectivity index (χ3n) is 8.91. The largest absolute Gasteiger partial charge is 0.494 e. The number of hydrogen-bond donors (Lipinski definition) is 2. The Kier molecular flexibility index (Phi) is 12.4. The van der Waals surface area contributed by atoms with Crippen LogP contribution in [-0.4, -0.2) is 63.5 Å². The molecule has 2 amide bonds. The number of nitrogens with one attached hydrogen (secondary N) is 1. The molecule has 1 aliphatic heterocycles. The second-order valence-corrected chi connectivity index (χ2v) is 15.2. The van der Waals surface area contributed by atoms with E-state index in [0.717, 1.165) is 45.9 Å². The minimum absolute atomic E-state index is 0.0244. The zero-order valence-corrected chi connectivity index (χ0v) is 30.3. The number of nitrogens with zero attached hydrogens (tertiary/aromatic N) is 3.